The third-order valence-corrected chi connectivity index (χ3v) is 3.66. The number of rotatable bonds is 5. The minimum Gasteiger partial charge on any atom is -0.362 e. The molecular weight excluding hydrogens is 284 g/mol. The average molecular weight is 304 g/mol. The Labute approximate surface area is 136 Å². The first-order valence-corrected chi connectivity index (χ1v) is 7.85. The Morgan fingerprint density at radius 2 is 1.78 bits per heavy atom. The molecule has 0 spiro atoms. The number of aryl methyl sites for hydroxylation is 1. The van der Waals surface area contributed by atoms with Gasteiger partial charge in [0, 0.05) is 23.5 Å². The fourth-order valence-corrected chi connectivity index (χ4v) is 2.50. The molecule has 0 aliphatic rings. The molecule has 2 aromatic heterocycles. The molecule has 2 heterocycles. The van der Waals surface area contributed by atoms with E-state index < -0.39 is 0 Å². The molecule has 0 fully saturated rings. The molecule has 4 heteroatoms. The Kier molecular flexibility index (Phi) is 4.62. The van der Waals surface area contributed by atoms with E-state index in [2.05, 4.69) is 27.2 Å². The van der Waals surface area contributed by atoms with Crippen LogP contribution in [0.1, 0.15) is 30.8 Å². The maximum Gasteiger partial charge on any atom is 0.161 e. The molecule has 0 unspecified atom stereocenters. The van der Waals surface area contributed by atoms with E-state index >= 15 is 0 Å². The van der Waals surface area contributed by atoms with Crippen molar-refractivity contribution in [3.63, 3.8) is 0 Å². The van der Waals surface area contributed by atoms with Crippen molar-refractivity contribution in [3.8, 4) is 11.4 Å². The van der Waals surface area contributed by atoms with E-state index in [9.17, 15) is 0 Å². The van der Waals surface area contributed by atoms with Gasteiger partial charge in [0.1, 0.15) is 5.82 Å². The van der Waals surface area contributed by atoms with E-state index in [0.717, 1.165) is 35.0 Å². The summed E-state index contributed by atoms with van der Waals surface area (Å²) in [7, 11) is 0. The molecule has 0 saturated carbocycles. The standard InChI is InChI=1S/C19H20N4/c1-3-16(17-11-7-8-12-20-17)22-18-13-14(2)21-19(23-18)15-9-5-4-6-10-15/h4-13,16H,3H2,1-2H3,(H,21,22,23)/t16-/m1/s1. The molecule has 0 aliphatic heterocycles. The van der Waals surface area contributed by atoms with Crippen molar-refractivity contribution in [1.82, 2.24) is 15.0 Å². The summed E-state index contributed by atoms with van der Waals surface area (Å²) in [6.45, 7) is 4.12. The SMILES string of the molecule is CC[C@@H](Nc1cc(C)nc(-c2ccccc2)n1)c1ccccn1. The molecule has 0 bridgehead atoms. The van der Waals surface area contributed by atoms with Gasteiger partial charge < -0.3 is 5.32 Å². The lowest BCUT2D eigenvalue weighted by molar-refractivity contribution is 0.718. The first kappa shape index (κ1) is 15.2. The lowest BCUT2D eigenvalue weighted by atomic mass is 10.1. The van der Waals surface area contributed by atoms with Gasteiger partial charge >= 0.3 is 0 Å². The van der Waals surface area contributed by atoms with Gasteiger partial charge in [-0.15, -0.1) is 0 Å². The van der Waals surface area contributed by atoms with E-state index in [1.54, 1.807) is 0 Å². The molecule has 0 aliphatic carbocycles. The summed E-state index contributed by atoms with van der Waals surface area (Å²) in [5, 5.41) is 3.48. The van der Waals surface area contributed by atoms with Crippen LogP contribution < -0.4 is 5.32 Å². The Hall–Kier alpha value is -2.75. The van der Waals surface area contributed by atoms with Crippen LogP contribution in [0.5, 0.6) is 0 Å². The molecule has 3 rings (SSSR count). The van der Waals surface area contributed by atoms with Crippen LogP contribution in [0.25, 0.3) is 11.4 Å². The Bertz CT molecular complexity index is 757. The number of anilines is 1. The molecule has 3 aromatic rings. The number of hydrogen-bond donors (Lipinski definition) is 1. The molecule has 1 aromatic carbocycles. The highest BCUT2D eigenvalue weighted by Gasteiger charge is 2.12. The monoisotopic (exact) mass is 304 g/mol. The van der Waals surface area contributed by atoms with Gasteiger partial charge in [0.25, 0.3) is 0 Å². The third kappa shape index (κ3) is 3.72. The van der Waals surface area contributed by atoms with E-state index in [1.165, 1.54) is 0 Å². The first-order valence-electron chi connectivity index (χ1n) is 7.85. The number of pyridine rings is 1. The zero-order valence-electron chi connectivity index (χ0n) is 13.4. The molecule has 0 radical (unpaired) electrons. The number of nitrogens with zero attached hydrogens (tertiary/aromatic N) is 3. The summed E-state index contributed by atoms with van der Waals surface area (Å²) in [6.07, 6.45) is 2.75. The summed E-state index contributed by atoms with van der Waals surface area (Å²) >= 11 is 0. The zero-order chi connectivity index (χ0) is 16.1. The predicted octanol–water partition coefficient (Wildman–Crippen LogP) is 4.41. The molecule has 0 saturated heterocycles. The van der Waals surface area contributed by atoms with Gasteiger partial charge in [-0.2, -0.15) is 0 Å². The van der Waals surface area contributed by atoms with Crippen molar-refractivity contribution >= 4 is 5.82 Å². The molecule has 0 amide bonds. The van der Waals surface area contributed by atoms with Crippen LogP contribution in [0.2, 0.25) is 0 Å². The van der Waals surface area contributed by atoms with Crippen LogP contribution in [0.15, 0.2) is 60.8 Å². The quantitative estimate of drug-likeness (QED) is 0.758. The molecule has 1 N–H and O–H groups in total. The lowest BCUT2D eigenvalue weighted by Gasteiger charge is -2.17. The van der Waals surface area contributed by atoms with Crippen molar-refractivity contribution in [2.75, 3.05) is 5.32 Å². The van der Waals surface area contributed by atoms with Crippen molar-refractivity contribution in [3.05, 3.63) is 72.2 Å². The summed E-state index contributed by atoms with van der Waals surface area (Å²) < 4.78 is 0. The maximum atomic E-state index is 4.67. The first-order chi connectivity index (χ1) is 11.3. The highest BCUT2D eigenvalue weighted by molar-refractivity contribution is 5.57. The van der Waals surface area contributed by atoms with Crippen molar-refractivity contribution in [2.24, 2.45) is 0 Å². The zero-order valence-corrected chi connectivity index (χ0v) is 13.4. The highest BCUT2D eigenvalue weighted by Crippen LogP contribution is 2.22. The van der Waals surface area contributed by atoms with Gasteiger partial charge in [-0.3, -0.25) is 4.98 Å². The second kappa shape index (κ2) is 7.01. The second-order valence-electron chi connectivity index (χ2n) is 5.44. The lowest BCUT2D eigenvalue weighted by Crippen LogP contribution is -2.13. The number of hydrogen-bond acceptors (Lipinski definition) is 4. The smallest absolute Gasteiger partial charge is 0.161 e. The molecule has 23 heavy (non-hydrogen) atoms. The fourth-order valence-electron chi connectivity index (χ4n) is 2.50. The van der Waals surface area contributed by atoms with Gasteiger partial charge in [-0.25, -0.2) is 9.97 Å². The minimum atomic E-state index is 0.133. The normalized spacial score (nSPS) is 11.9. The minimum absolute atomic E-state index is 0.133. The Morgan fingerprint density at radius 3 is 2.48 bits per heavy atom. The number of benzene rings is 1. The van der Waals surface area contributed by atoms with Gasteiger partial charge in [0.05, 0.1) is 11.7 Å². The van der Waals surface area contributed by atoms with Gasteiger partial charge in [0.15, 0.2) is 5.82 Å². The van der Waals surface area contributed by atoms with Crippen LogP contribution in [0.3, 0.4) is 0 Å². The van der Waals surface area contributed by atoms with Crippen LogP contribution in [-0.2, 0) is 0 Å². The molecule has 116 valence electrons. The summed E-state index contributed by atoms with van der Waals surface area (Å²) in [6, 6.07) is 18.1. The van der Waals surface area contributed by atoms with E-state index in [4.69, 9.17) is 0 Å². The third-order valence-electron chi connectivity index (χ3n) is 3.66. The maximum absolute atomic E-state index is 4.67. The average Bonchev–Trinajstić information content (AvgIpc) is 2.61. The topological polar surface area (TPSA) is 50.7 Å². The number of nitrogens with one attached hydrogen (secondary N) is 1. The fraction of sp³-hybridized carbons (Fsp3) is 0.211. The largest absolute Gasteiger partial charge is 0.362 e. The summed E-state index contributed by atoms with van der Waals surface area (Å²) in [5.74, 6) is 1.57. The second-order valence-corrected chi connectivity index (χ2v) is 5.44. The molecule has 1 atom stereocenters. The number of aromatic nitrogens is 3. The van der Waals surface area contributed by atoms with Gasteiger partial charge in [0.2, 0.25) is 0 Å². The van der Waals surface area contributed by atoms with E-state index in [0.29, 0.717) is 0 Å². The Morgan fingerprint density at radius 1 is 1.00 bits per heavy atom. The van der Waals surface area contributed by atoms with Crippen molar-refractivity contribution in [1.29, 1.82) is 0 Å². The van der Waals surface area contributed by atoms with Gasteiger partial charge in [-0.05, 0) is 25.5 Å². The van der Waals surface area contributed by atoms with Crippen LogP contribution in [0, 0.1) is 6.92 Å². The molecule has 4 nitrogen and oxygen atoms in total. The van der Waals surface area contributed by atoms with Crippen LogP contribution >= 0.6 is 0 Å². The highest BCUT2D eigenvalue weighted by atomic mass is 15.1. The Balaban J connectivity index is 1.89. The van der Waals surface area contributed by atoms with E-state index in [1.807, 2.05) is 67.7 Å². The molecular formula is C19H20N4. The van der Waals surface area contributed by atoms with Gasteiger partial charge in [-0.1, -0.05) is 43.3 Å². The summed E-state index contributed by atoms with van der Waals surface area (Å²) in [5.41, 5.74) is 2.98. The predicted molar refractivity (Wildman–Crippen MR) is 93.1 cm³/mol. The van der Waals surface area contributed by atoms with Crippen LogP contribution in [-0.4, -0.2) is 15.0 Å². The summed E-state index contributed by atoms with van der Waals surface area (Å²) in [4.78, 5) is 13.7. The van der Waals surface area contributed by atoms with Crippen molar-refractivity contribution < 1.29 is 0 Å². The van der Waals surface area contributed by atoms with Crippen molar-refractivity contribution in [2.45, 2.75) is 26.3 Å². The van der Waals surface area contributed by atoms with E-state index in [-0.39, 0.29) is 6.04 Å². The van der Waals surface area contributed by atoms with Crippen LogP contribution in [0.4, 0.5) is 5.82 Å².